The van der Waals surface area contributed by atoms with Crippen molar-refractivity contribution in [3.63, 3.8) is 0 Å². The van der Waals surface area contributed by atoms with Crippen molar-refractivity contribution in [2.45, 2.75) is 44.4 Å². The van der Waals surface area contributed by atoms with Gasteiger partial charge < -0.3 is 9.74 Å². The van der Waals surface area contributed by atoms with E-state index in [1.165, 1.54) is 6.08 Å². The summed E-state index contributed by atoms with van der Waals surface area (Å²) < 4.78 is 45.6. The van der Waals surface area contributed by atoms with Crippen molar-refractivity contribution < 1.29 is 17.6 Å². The Balaban J connectivity index is 1.94. The number of allylic oxidation sites excluding steroid dienone is 1. The summed E-state index contributed by atoms with van der Waals surface area (Å²) >= 11 is 0. The predicted molar refractivity (Wildman–Crippen MR) is 109 cm³/mol. The SMILES string of the molecule is CC(C)(C)[Si](OCC1CC=C(C(F)(F)F)N1)(c1ccccc1)c1ccccc1. The first-order valence-corrected chi connectivity index (χ1v) is 11.3. The lowest BCUT2D eigenvalue weighted by Gasteiger charge is -2.43. The molecule has 1 aliphatic rings. The summed E-state index contributed by atoms with van der Waals surface area (Å²) in [6, 6.07) is 19.8. The lowest BCUT2D eigenvalue weighted by Crippen LogP contribution is -2.67. The molecule has 3 rings (SSSR count). The maximum Gasteiger partial charge on any atom is 0.430 e. The van der Waals surface area contributed by atoms with Crippen LogP contribution in [0.1, 0.15) is 27.2 Å². The van der Waals surface area contributed by atoms with E-state index in [9.17, 15) is 13.2 Å². The molecular formula is C22H26F3NOSi. The highest BCUT2D eigenvalue weighted by atomic mass is 28.4. The fourth-order valence-corrected chi connectivity index (χ4v) is 8.50. The monoisotopic (exact) mass is 405 g/mol. The summed E-state index contributed by atoms with van der Waals surface area (Å²) in [5.41, 5.74) is -0.663. The maximum atomic E-state index is 13.0. The van der Waals surface area contributed by atoms with Gasteiger partial charge in [-0.1, -0.05) is 87.5 Å². The van der Waals surface area contributed by atoms with Crippen LogP contribution in [0.3, 0.4) is 0 Å². The van der Waals surface area contributed by atoms with E-state index in [4.69, 9.17) is 4.43 Å². The van der Waals surface area contributed by atoms with E-state index >= 15 is 0 Å². The summed E-state index contributed by atoms with van der Waals surface area (Å²) in [4.78, 5) is 0. The van der Waals surface area contributed by atoms with E-state index in [-0.39, 0.29) is 17.7 Å². The quantitative estimate of drug-likeness (QED) is 0.746. The van der Waals surface area contributed by atoms with E-state index in [1.54, 1.807) is 0 Å². The molecule has 0 amide bonds. The van der Waals surface area contributed by atoms with Crippen LogP contribution in [0.25, 0.3) is 0 Å². The minimum absolute atomic E-state index is 0.200. The lowest BCUT2D eigenvalue weighted by molar-refractivity contribution is -0.0965. The van der Waals surface area contributed by atoms with Crippen molar-refractivity contribution in [3.05, 3.63) is 72.4 Å². The van der Waals surface area contributed by atoms with Crippen LogP contribution in [-0.4, -0.2) is 27.1 Å². The zero-order valence-electron chi connectivity index (χ0n) is 16.4. The van der Waals surface area contributed by atoms with Gasteiger partial charge >= 0.3 is 6.18 Å². The van der Waals surface area contributed by atoms with Gasteiger partial charge in [0.2, 0.25) is 0 Å². The second-order valence-corrected chi connectivity index (χ2v) is 12.5. The zero-order chi connectivity index (χ0) is 20.4. The van der Waals surface area contributed by atoms with Crippen LogP contribution in [0, 0.1) is 0 Å². The fraction of sp³-hybridized carbons (Fsp3) is 0.364. The van der Waals surface area contributed by atoms with Gasteiger partial charge in [0, 0.05) is 0 Å². The van der Waals surface area contributed by atoms with Gasteiger partial charge in [-0.25, -0.2) is 0 Å². The first-order chi connectivity index (χ1) is 13.1. The molecule has 1 heterocycles. The van der Waals surface area contributed by atoms with Crippen molar-refractivity contribution in [3.8, 4) is 0 Å². The molecule has 0 radical (unpaired) electrons. The van der Waals surface area contributed by atoms with Crippen molar-refractivity contribution in [1.82, 2.24) is 5.32 Å². The van der Waals surface area contributed by atoms with Gasteiger partial charge in [0.1, 0.15) is 5.70 Å². The number of benzene rings is 2. The van der Waals surface area contributed by atoms with Crippen LogP contribution in [0.5, 0.6) is 0 Å². The third-order valence-electron chi connectivity index (χ3n) is 5.19. The summed E-state index contributed by atoms with van der Waals surface area (Å²) in [6.07, 6.45) is -2.81. The molecule has 0 saturated carbocycles. The van der Waals surface area contributed by atoms with Gasteiger partial charge in [-0.15, -0.1) is 0 Å². The number of hydrogen-bond donors (Lipinski definition) is 1. The highest BCUT2D eigenvalue weighted by Gasteiger charge is 2.50. The first kappa shape index (κ1) is 20.7. The Labute approximate surface area is 165 Å². The van der Waals surface area contributed by atoms with Crippen LogP contribution in [0.2, 0.25) is 5.04 Å². The Hall–Kier alpha value is -2.05. The Bertz CT molecular complexity index is 774. The normalized spacial score (nSPS) is 17.9. The Morgan fingerprint density at radius 1 is 0.929 bits per heavy atom. The topological polar surface area (TPSA) is 21.3 Å². The molecule has 2 nitrogen and oxygen atoms in total. The highest BCUT2D eigenvalue weighted by molar-refractivity contribution is 6.99. The van der Waals surface area contributed by atoms with Gasteiger partial charge in [0.15, 0.2) is 0 Å². The molecule has 0 aliphatic carbocycles. The van der Waals surface area contributed by atoms with Crippen molar-refractivity contribution in [2.24, 2.45) is 0 Å². The van der Waals surface area contributed by atoms with E-state index in [0.29, 0.717) is 6.42 Å². The molecule has 28 heavy (non-hydrogen) atoms. The molecule has 2 aromatic rings. The second kappa shape index (κ2) is 7.76. The third-order valence-corrected chi connectivity index (χ3v) is 10.2. The van der Waals surface area contributed by atoms with Crippen molar-refractivity contribution >= 4 is 18.7 Å². The van der Waals surface area contributed by atoms with Crippen LogP contribution < -0.4 is 15.7 Å². The summed E-state index contributed by atoms with van der Waals surface area (Å²) in [7, 11) is -2.73. The lowest BCUT2D eigenvalue weighted by atomic mass is 10.2. The molecule has 1 unspecified atom stereocenters. The average molecular weight is 406 g/mol. The van der Waals surface area contributed by atoms with Gasteiger partial charge in [0.25, 0.3) is 8.32 Å². The number of halogens is 3. The first-order valence-electron chi connectivity index (χ1n) is 9.43. The van der Waals surface area contributed by atoms with Crippen LogP contribution in [0.15, 0.2) is 72.4 Å². The van der Waals surface area contributed by atoms with Gasteiger partial charge in [-0.2, -0.15) is 13.2 Å². The standard InChI is InChI=1S/C22H26F3NOSi/c1-21(2,3)28(18-10-6-4-7-11-18,19-12-8-5-9-13-19)27-16-17-14-15-20(26-17)22(23,24)25/h4-13,15,17,26H,14,16H2,1-3H3. The molecule has 0 fully saturated rings. The maximum absolute atomic E-state index is 13.0. The molecule has 150 valence electrons. The van der Waals surface area contributed by atoms with E-state index < -0.39 is 20.2 Å². The molecular weight excluding hydrogens is 379 g/mol. The van der Waals surface area contributed by atoms with E-state index in [0.717, 1.165) is 10.4 Å². The van der Waals surface area contributed by atoms with Crippen molar-refractivity contribution in [1.29, 1.82) is 0 Å². The summed E-state index contributed by atoms with van der Waals surface area (Å²) in [5, 5.41) is 4.63. The molecule has 6 heteroatoms. The second-order valence-electron chi connectivity index (χ2n) is 8.17. The Kier molecular flexibility index (Phi) is 5.73. The van der Waals surface area contributed by atoms with Gasteiger partial charge in [-0.3, -0.25) is 0 Å². The van der Waals surface area contributed by atoms with Gasteiger partial charge in [-0.05, 0) is 21.8 Å². The van der Waals surface area contributed by atoms with Gasteiger partial charge in [0.05, 0.1) is 12.6 Å². The molecule has 0 aromatic heterocycles. The minimum atomic E-state index is -4.34. The van der Waals surface area contributed by atoms with Crippen LogP contribution in [0.4, 0.5) is 13.2 Å². The molecule has 1 N–H and O–H groups in total. The van der Waals surface area contributed by atoms with E-state index in [2.05, 4.69) is 50.4 Å². The van der Waals surface area contributed by atoms with E-state index in [1.807, 2.05) is 36.4 Å². The number of nitrogens with one attached hydrogen (secondary N) is 1. The third kappa shape index (κ3) is 4.03. The summed E-state index contributed by atoms with van der Waals surface area (Å²) in [5.74, 6) is 0. The molecule has 1 atom stereocenters. The average Bonchev–Trinajstić information content (AvgIpc) is 3.12. The number of hydrogen-bond acceptors (Lipinski definition) is 2. The summed E-state index contributed by atoms with van der Waals surface area (Å²) in [6.45, 7) is 6.69. The minimum Gasteiger partial charge on any atom is -0.405 e. The molecule has 2 aromatic carbocycles. The fourth-order valence-electron chi connectivity index (χ4n) is 3.89. The largest absolute Gasteiger partial charge is 0.430 e. The molecule has 0 saturated heterocycles. The smallest absolute Gasteiger partial charge is 0.405 e. The Morgan fingerprint density at radius 3 is 1.82 bits per heavy atom. The molecule has 0 bridgehead atoms. The Morgan fingerprint density at radius 2 is 1.43 bits per heavy atom. The highest BCUT2D eigenvalue weighted by Crippen LogP contribution is 2.37. The van der Waals surface area contributed by atoms with Crippen LogP contribution in [-0.2, 0) is 4.43 Å². The number of rotatable bonds is 5. The molecule has 0 spiro atoms. The van der Waals surface area contributed by atoms with Crippen LogP contribution >= 0.6 is 0 Å². The molecule has 1 aliphatic heterocycles. The zero-order valence-corrected chi connectivity index (χ0v) is 17.4. The predicted octanol–water partition coefficient (Wildman–Crippen LogP) is 4.37. The number of alkyl halides is 3. The van der Waals surface area contributed by atoms with Crippen molar-refractivity contribution in [2.75, 3.05) is 6.61 Å².